The minimum Gasteiger partial charge on any atom is -0.409 e. The first-order valence-electron chi connectivity index (χ1n) is 7.86. The Kier molecular flexibility index (Phi) is 3.32. The molecule has 2 saturated heterocycles. The van der Waals surface area contributed by atoms with E-state index < -0.39 is 0 Å². The first-order chi connectivity index (χ1) is 10.3. The maximum Gasteiger partial charge on any atom is 0.419 e. The van der Waals surface area contributed by atoms with Crippen LogP contribution in [0.5, 0.6) is 0 Å². The third kappa shape index (κ3) is 2.21. The Morgan fingerprint density at radius 3 is 2.62 bits per heavy atom. The molecule has 0 spiro atoms. The van der Waals surface area contributed by atoms with Crippen molar-refractivity contribution in [1.82, 2.24) is 4.81 Å². The zero-order valence-electron chi connectivity index (χ0n) is 12.4. The topological polar surface area (TPSA) is 12.5 Å². The van der Waals surface area contributed by atoms with Gasteiger partial charge in [0.15, 0.2) is 0 Å². The molecule has 0 amide bonds. The molecular weight excluding hydrogens is 257 g/mol. The number of rotatable bonds is 2. The predicted octanol–water partition coefficient (Wildman–Crippen LogP) is 2.93. The first-order valence-corrected chi connectivity index (χ1v) is 7.86. The van der Waals surface area contributed by atoms with Gasteiger partial charge in [-0.05, 0) is 37.3 Å². The molecule has 0 aromatic heterocycles. The molecular formula is C18H20BNO. The summed E-state index contributed by atoms with van der Waals surface area (Å²) in [5.41, 5.74) is 3.95. The van der Waals surface area contributed by atoms with Crippen molar-refractivity contribution in [3.05, 3.63) is 65.7 Å². The fourth-order valence-corrected chi connectivity index (χ4v) is 3.80. The molecule has 2 unspecified atom stereocenters. The van der Waals surface area contributed by atoms with E-state index in [4.69, 9.17) is 4.65 Å². The van der Waals surface area contributed by atoms with E-state index >= 15 is 0 Å². The highest BCUT2D eigenvalue weighted by atomic mass is 16.5. The van der Waals surface area contributed by atoms with Gasteiger partial charge in [-0.3, -0.25) is 0 Å². The minimum atomic E-state index is 0.115. The van der Waals surface area contributed by atoms with Crippen molar-refractivity contribution in [2.75, 3.05) is 6.54 Å². The van der Waals surface area contributed by atoms with Crippen molar-refractivity contribution >= 4 is 12.5 Å². The summed E-state index contributed by atoms with van der Waals surface area (Å²) in [6.07, 6.45) is 2.72. The molecule has 0 radical (unpaired) electrons. The van der Waals surface area contributed by atoms with E-state index in [-0.39, 0.29) is 13.2 Å². The number of fused-ring (bicyclic) bond motifs is 1. The Labute approximate surface area is 126 Å². The van der Waals surface area contributed by atoms with Gasteiger partial charge in [-0.15, -0.1) is 0 Å². The van der Waals surface area contributed by atoms with Gasteiger partial charge in [0.1, 0.15) is 0 Å². The highest BCUT2D eigenvalue weighted by Gasteiger charge is 2.48. The molecule has 2 nitrogen and oxygen atoms in total. The summed E-state index contributed by atoms with van der Waals surface area (Å²) in [5, 5.41) is 0. The second-order valence-electron chi connectivity index (χ2n) is 6.12. The maximum atomic E-state index is 6.51. The summed E-state index contributed by atoms with van der Waals surface area (Å²) in [6, 6.07) is 19.8. The van der Waals surface area contributed by atoms with Gasteiger partial charge >= 0.3 is 7.05 Å². The Morgan fingerprint density at radius 2 is 1.81 bits per heavy atom. The molecule has 2 fully saturated rings. The standard InChI is InChI=1S/C18H20BNO/c1-14-8-5-6-11-16(14)19-20-13-7-12-17(20)18(21-19)15-9-3-2-4-10-15/h2-6,8-11,17-18H,7,12-13H2,1H3. The zero-order chi connectivity index (χ0) is 14.2. The van der Waals surface area contributed by atoms with Crippen molar-refractivity contribution in [3.63, 3.8) is 0 Å². The van der Waals surface area contributed by atoms with E-state index in [0.29, 0.717) is 6.04 Å². The van der Waals surface area contributed by atoms with Crippen molar-refractivity contribution in [3.8, 4) is 0 Å². The van der Waals surface area contributed by atoms with Crippen LogP contribution in [-0.2, 0) is 4.65 Å². The van der Waals surface area contributed by atoms with Crippen LogP contribution in [0.3, 0.4) is 0 Å². The zero-order valence-corrected chi connectivity index (χ0v) is 12.4. The quantitative estimate of drug-likeness (QED) is 0.783. The number of aryl methyl sites for hydroxylation is 1. The van der Waals surface area contributed by atoms with E-state index in [1.54, 1.807) is 0 Å². The average Bonchev–Trinajstić information content (AvgIpc) is 3.11. The Morgan fingerprint density at radius 1 is 1.05 bits per heavy atom. The largest absolute Gasteiger partial charge is 0.419 e. The van der Waals surface area contributed by atoms with Gasteiger partial charge in [0, 0.05) is 6.04 Å². The van der Waals surface area contributed by atoms with Crippen LogP contribution < -0.4 is 5.46 Å². The van der Waals surface area contributed by atoms with Crippen molar-refractivity contribution in [2.24, 2.45) is 0 Å². The fraction of sp³-hybridized carbons (Fsp3) is 0.333. The molecule has 0 N–H and O–H groups in total. The van der Waals surface area contributed by atoms with Gasteiger partial charge in [0.05, 0.1) is 6.10 Å². The highest BCUT2D eigenvalue weighted by molar-refractivity contribution is 6.66. The normalized spacial score (nSPS) is 25.3. The lowest BCUT2D eigenvalue weighted by molar-refractivity contribution is 0.207. The summed E-state index contributed by atoms with van der Waals surface area (Å²) >= 11 is 0. The van der Waals surface area contributed by atoms with Crippen LogP contribution in [0.2, 0.25) is 0 Å². The molecule has 106 valence electrons. The fourth-order valence-electron chi connectivity index (χ4n) is 3.80. The number of hydrogen-bond acceptors (Lipinski definition) is 2. The molecule has 0 bridgehead atoms. The van der Waals surface area contributed by atoms with Gasteiger partial charge in [0.2, 0.25) is 0 Å². The maximum absolute atomic E-state index is 6.51. The molecule has 2 aromatic carbocycles. The van der Waals surface area contributed by atoms with E-state index in [0.717, 1.165) is 6.54 Å². The lowest BCUT2D eigenvalue weighted by Gasteiger charge is -2.20. The molecule has 2 atom stereocenters. The predicted molar refractivity (Wildman–Crippen MR) is 86.6 cm³/mol. The monoisotopic (exact) mass is 277 g/mol. The van der Waals surface area contributed by atoms with Crippen LogP contribution in [0.15, 0.2) is 54.6 Å². The lowest BCUT2D eigenvalue weighted by Crippen LogP contribution is -2.46. The third-order valence-corrected chi connectivity index (χ3v) is 4.85. The smallest absolute Gasteiger partial charge is 0.409 e. The molecule has 2 aliphatic rings. The van der Waals surface area contributed by atoms with Gasteiger partial charge in [-0.25, -0.2) is 0 Å². The Hall–Kier alpha value is -1.58. The van der Waals surface area contributed by atoms with Gasteiger partial charge < -0.3 is 9.47 Å². The summed E-state index contributed by atoms with van der Waals surface area (Å²) in [5.74, 6) is 0. The van der Waals surface area contributed by atoms with Crippen LogP contribution in [0.1, 0.15) is 30.1 Å². The van der Waals surface area contributed by atoms with Crippen LogP contribution in [0, 0.1) is 6.92 Å². The molecule has 0 saturated carbocycles. The second kappa shape index (κ2) is 5.32. The number of benzene rings is 2. The molecule has 21 heavy (non-hydrogen) atoms. The van der Waals surface area contributed by atoms with Crippen molar-refractivity contribution in [1.29, 1.82) is 0 Å². The van der Waals surface area contributed by atoms with Gasteiger partial charge in [0.25, 0.3) is 0 Å². The summed E-state index contributed by atoms with van der Waals surface area (Å²) < 4.78 is 6.51. The first kappa shape index (κ1) is 13.1. The summed E-state index contributed by atoms with van der Waals surface area (Å²) in [4.78, 5) is 2.56. The van der Waals surface area contributed by atoms with E-state index in [2.05, 4.69) is 66.3 Å². The van der Waals surface area contributed by atoms with E-state index in [9.17, 15) is 0 Å². The van der Waals surface area contributed by atoms with Crippen molar-refractivity contribution < 1.29 is 4.65 Å². The van der Waals surface area contributed by atoms with Crippen LogP contribution in [0.25, 0.3) is 0 Å². The van der Waals surface area contributed by atoms with E-state index in [1.807, 2.05) is 0 Å². The van der Waals surface area contributed by atoms with Crippen LogP contribution in [0.4, 0.5) is 0 Å². The van der Waals surface area contributed by atoms with Gasteiger partial charge in [-0.2, -0.15) is 0 Å². The molecule has 2 aliphatic heterocycles. The third-order valence-electron chi connectivity index (χ3n) is 4.85. The highest BCUT2D eigenvalue weighted by Crippen LogP contribution is 2.39. The van der Waals surface area contributed by atoms with Crippen LogP contribution >= 0.6 is 0 Å². The molecule has 4 rings (SSSR count). The summed E-state index contributed by atoms with van der Waals surface area (Å²) in [7, 11) is 0.115. The number of nitrogens with zero attached hydrogens (tertiary/aromatic N) is 1. The lowest BCUT2D eigenvalue weighted by atomic mass is 9.70. The number of hydrogen-bond donors (Lipinski definition) is 0. The van der Waals surface area contributed by atoms with E-state index in [1.165, 1.54) is 29.4 Å². The Bertz CT molecular complexity index is 630. The molecule has 3 heteroatoms. The average molecular weight is 277 g/mol. The molecule has 2 aromatic rings. The summed E-state index contributed by atoms with van der Waals surface area (Å²) in [6.45, 7) is 3.33. The Balaban J connectivity index is 1.70. The molecule has 2 heterocycles. The molecule has 0 aliphatic carbocycles. The second-order valence-corrected chi connectivity index (χ2v) is 6.12. The van der Waals surface area contributed by atoms with Crippen molar-refractivity contribution in [2.45, 2.75) is 31.9 Å². The SMILES string of the molecule is Cc1ccccc1B1OC(c2ccccc2)C2CCCN12. The minimum absolute atomic E-state index is 0.115. The van der Waals surface area contributed by atoms with Crippen LogP contribution in [-0.4, -0.2) is 24.4 Å². The van der Waals surface area contributed by atoms with Gasteiger partial charge in [-0.1, -0.05) is 60.2 Å².